The fourth-order valence-corrected chi connectivity index (χ4v) is 4.29. The highest BCUT2D eigenvalue weighted by molar-refractivity contribution is 7.18. The number of thiophene rings is 2. The topological polar surface area (TPSA) is 43.6 Å². The standard InChI is InChI=1S/C14H9ClN4S2/c15-13-12-9(10-2-1-5-20-10)7-21-14(12)18-11(17-13)6-19-4-3-16-8-19/h1-5,7-8H,6H2. The fourth-order valence-electron chi connectivity index (χ4n) is 2.17. The predicted molar refractivity (Wildman–Crippen MR) is 87.1 cm³/mol. The highest BCUT2D eigenvalue weighted by Gasteiger charge is 2.14. The van der Waals surface area contributed by atoms with Gasteiger partial charge in [0.2, 0.25) is 0 Å². The molecule has 0 aliphatic heterocycles. The van der Waals surface area contributed by atoms with E-state index in [2.05, 4.69) is 31.8 Å². The van der Waals surface area contributed by atoms with Crippen molar-refractivity contribution in [1.29, 1.82) is 0 Å². The zero-order valence-corrected chi connectivity index (χ0v) is 13.1. The molecule has 4 rings (SSSR count). The summed E-state index contributed by atoms with van der Waals surface area (Å²) in [6, 6.07) is 4.12. The minimum Gasteiger partial charge on any atom is -0.330 e. The second-order valence-corrected chi connectivity index (χ2v) is 6.64. The molecule has 4 nitrogen and oxygen atoms in total. The Morgan fingerprint density at radius 1 is 1.24 bits per heavy atom. The van der Waals surface area contributed by atoms with E-state index in [4.69, 9.17) is 11.6 Å². The Kier molecular flexibility index (Phi) is 3.21. The molecule has 0 saturated heterocycles. The van der Waals surface area contributed by atoms with E-state index >= 15 is 0 Å². The summed E-state index contributed by atoms with van der Waals surface area (Å²) in [4.78, 5) is 15.2. The first-order valence-corrected chi connectivity index (χ1v) is 8.38. The van der Waals surface area contributed by atoms with Crippen molar-refractivity contribution in [3.8, 4) is 10.4 Å². The van der Waals surface area contributed by atoms with Crippen LogP contribution in [-0.2, 0) is 6.54 Å². The highest BCUT2D eigenvalue weighted by Crippen LogP contribution is 2.38. The highest BCUT2D eigenvalue weighted by atomic mass is 35.5. The van der Waals surface area contributed by atoms with Gasteiger partial charge in [0.1, 0.15) is 9.98 Å². The molecule has 0 unspecified atom stereocenters. The van der Waals surface area contributed by atoms with Crippen molar-refractivity contribution in [2.24, 2.45) is 0 Å². The van der Waals surface area contributed by atoms with Crippen LogP contribution in [0.5, 0.6) is 0 Å². The maximum atomic E-state index is 6.40. The summed E-state index contributed by atoms with van der Waals surface area (Å²) < 4.78 is 1.92. The lowest BCUT2D eigenvalue weighted by Gasteiger charge is -2.03. The second kappa shape index (κ2) is 5.22. The summed E-state index contributed by atoms with van der Waals surface area (Å²) in [5, 5.41) is 5.61. The molecule has 0 bridgehead atoms. The number of hydrogen-bond donors (Lipinski definition) is 0. The molecular weight excluding hydrogens is 324 g/mol. The van der Waals surface area contributed by atoms with Gasteiger partial charge in [-0.15, -0.1) is 22.7 Å². The summed E-state index contributed by atoms with van der Waals surface area (Å²) >= 11 is 9.69. The minimum atomic E-state index is 0.514. The summed E-state index contributed by atoms with van der Waals surface area (Å²) in [6.07, 6.45) is 5.36. The molecule has 0 atom stereocenters. The number of halogens is 1. The van der Waals surface area contributed by atoms with Crippen molar-refractivity contribution in [3.63, 3.8) is 0 Å². The van der Waals surface area contributed by atoms with Gasteiger partial charge in [-0.2, -0.15) is 0 Å². The number of imidazole rings is 1. The number of nitrogens with zero attached hydrogens (tertiary/aromatic N) is 4. The van der Waals surface area contributed by atoms with Gasteiger partial charge in [-0.05, 0) is 11.4 Å². The van der Waals surface area contributed by atoms with Gasteiger partial charge in [-0.25, -0.2) is 15.0 Å². The number of hydrogen-bond acceptors (Lipinski definition) is 5. The Labute approximate surface area is 133 Å². The van der Waals surface area contributed by atoms with Crippen molar-refractivity contribution in [1.82, 2.24) is 19.5 Å². The van der Waals surface area contributed by atoms with E-state index < -0.39 is 0 Å². The summed E-state index contributed by atoms with van der Waals surface area (Å²) in [5.41, 5.74) is 1.11. The van der Waals surface area contributed by atoms with Crippen LogP contribution in [0, 0.1) is 0 Å². The van der Waals surface area contributed by atoms with Crippen LogP contribution >= 0.6 is 34.3 Å². The lowest BCUT2D eigenvalue weighted by Crippen LogP contribution is -2.02. The van der Waals surface area contributed by atoms with Crippen molar-refractivity contribution in [2.75, 3.05) is 0 Å². The SMILES string of the molecule is Clc1nc(Cn2ccnc2)nc2scc(-c3cccs3)c12. The molecule has 4 aromatic rings. The zero-order chi connectivity index (χ0) is 14.2. The summed E-state index contributed by atoms with van der Waals surface area (Å²) in [5.74, 6) is 0.699. The molecule has 0 saturated carbocycles. The van der Waals surface area contributed by atoms with Crippen LogP contribution in [0.1, 0.15) is 5.82 Å². The van der Waals surface area contributed by atoms with Gasteiger partial charge >= 0.3 is 0 Å². The second-order valence-electron chi connectivity index (χ2n) is 4.47. The molecule has 0 N–H and O–H groups in total. The lowest BCUT2D eigenvalue weighted by molar-refractivity contribution is 0.749. The van der Waals surface area contributed by atoms with Crippen molar-refractivity contribution in [2.45, 2.75) is 6.54 Å². The van der Waals surface area contributed by atoms with E-state index in [1.54, 1.807) is 35.2 Å². The van der Waals surface area contributed by atoms with E-state index in [1.807, 2.05) is 16.8 Å². The zero-order valence-electron chi connectivity index (χ0n) is 10.7. The van der Waals surface area contributed by atoms with Gasteiger partial charge in [-0.1, -0.05) is 17.7 Å². The molecule has 4 heterocycles. The number of fused-ring (bicyclic) bond motifs is 1. The predicted octanol–water partition coefficient (Wildman–Crippen LogP) is 4.32. The molecule has 7 heteroatoms. The first kappa shape index (κ1) is 12.9. The van der Waals surface area contributed by atoms with Crippen LogP contribution in [-0.4, -0.2) is 19.5 Å². The van der Waals surface area contributed by atoms with Crippen LogP contribution < -0.4 is 0 Å². The quantitative estimate of drug-likeness (QED) is 0.525. The van der Waals surface area contributed by atoms with Crippen molar-refractivity contribution >= 4 is 44.5 Å². The lowest BCUT2D eigenvalue weighted by atomic mass is 10.2. The van der Waals surface area contributed by atoms with Crippen LogP contribution in [0.15, 0.2) is 41.6 Å². The molecule has 0 radical (unpaired) electrons. The van der Waals surface area contributed by atoms with Gasteiger partial charge in [-0.3, -0.25) is 0 Å². The molecule has 0 amide bonds. The van der Waals surface area contributed by atoms with Crippen LogP contribution in [0.25, 0.3) is 20.7 Å². The summed E-state index contributed by atoms with van der Waals surface area (Å²) in [6.45, 7) is 0.571. The van der Waals surface area contributed by atoms with Gasteiger partial charge < -0.3 is 4.57 Å². The van der Waals surface area contributed by atoms with Gasteiger partial charge in [0, 0.05) is 28.2 Å². The number of rotatable bonds is 3. The van der Waals surface area contributed by atoms with Gasteiger partial charge in [0.15, 0.2) is 5.82 Å². The number of aromatic nitrogens is 4. The van der Waals surface area contributed by atoms with E-state index in [0.717, 1.165) is 15.8 Å². The Morgan fingerprint density at radius 2 is 2.19 bits per heavy atom. The minimum absolute atomic E-state index is 0.514. The van der Waals surface area contributed by atoms with E-state index in [1.165, 1.54) is 4.88 Å². The third kappa shape index (κ3) is 2.35. The molecular formula is C14H9ClN4S2. The molecule has 0 fully saturated rings. The largest absolute Gasteiger partial charge is 0.330 e. The Balaban J connectivity index is 1.81. The first-order valence-electron chi connectivity index (χ1n) is 6.24. The third-order valence-electron chi connectivity index (χ3n) is 3.11. The molecule has 4 aromatic heterocycles. The molecule has 21 heavy (non-hydrogen) atoms. The Hall–Kier alpha value is -1.76. The Bertz CT molecular complexity index is 881. The Morgan fingerprint density at radius 3 is 2.95 bits per heavy atom. The maximum absolute atomic E-state index is 6.40. The van der Waals surface area contributed by atoms with Crippen LogP contribution in [0.2, 0.25) is 5.15 Å². The fraction of sp³-hybridized carbons (Fsp3) is 0.0714. The molecule has 0 aliphatic rings. The third-order valence-corrected chi connectivity index (χ3v) is 5.15. The average Bonchev–Trinajstić information content (AvgIpc) is 3.19. The first-order chi connectivity index (χ1) is 10.3. The summed E-state index contributed by atoms with van der Waals surface area (Å²) in [7, 11) is 0. The monoisotopic (exact) mass is 332 g/mol. The molecule has 0 aromatic carbocycles. The molecule has 104 valence electrons. The van der Waals surface area contributed by atoms with Gasteiger partial charge in [0.25, 0.3) is 0 Å². The molecule has 0 aliphatic carbocycles. The van der Waals surface area contributed by atoms with Crippen LogP contribution in [0.4, 0.5) is 0 Å². The van der Waals surface area contributed by atoms with Gasteiger partial charge in [0.05, 0.1) is 18.3 Å². The van der Waals surface area contributed by atoms with Crippen molar-refractivity contribution < 1.29 is 0 Å². The van der Waals surface area contributed by atoms with E-state index in [-0.39, 0.29) is 0 Å². The normalized spacial score (nSPS) is 11.3. The van der Waals surface area contributed by atoms with E-state index in [9.17, 15) is 0 Å². The van der Waals surface area contributed by atoms with Crippen molar-refractivity contribution in [3.05, 3.63) is 52.6 Å². The average molecular weight is 333 g/mol. The van der Waals surface area contributed by atoms with Crippen LogP contribution in [0.3, 0.4) is 0 Å². The maximum Gasteiger partial charge on any atom is 0.151 e. The van der Waals surface area contributed by atoms with E-state index in [0.29, 0.717) is 17.5 Å². The molecule has 0 spiro atoms. The smallest absolute Gasteiger partial charge is 0.151 e.